The van der Waals surface area contributed by atoms with Crippen molar-refractivity contribution in [1.82, 2.24) is 4.98 Å². The van der Waals surface area contributed by atoms with Gasteiger partial charge in [0, 0.05) is 0 Å². The molecule has 0 aliphatic carbocycles. The highest BCUT2D eigenvalue weighted by Gasteiger charge is 2.26. The maximum absolute atomic E-state index is 13.6. The third-order valence-corrected chi connectivity index (χ3v) is 5.39. The Bertz CT molecular complexity index is 1160. The Hall–Kier alpha value is -3.39. The molecule has 0 bridgehead atoms. The van der Waals surface area contributed by atoms with Crippen molar-refractivity contribution in [3.05, 3.63) is 71.9 Å². The van der Waals surface area contributed by atoms with Crippen molar-refractivity contribution in [3.8, 4) is 11.5 Å². The van der Waals surface area contributed by atoms with Gasteiger partial charge in [0.25, 0.3) is 5.91 Å². The number of carbonyl (C=O) groups excluding carboxylic acids is 1. The number of ether oxygens (including phenoxy) is 2. The van der Waals surface area contributed by atoms with E-state index in [1.165, 1.54) is 48.9 Å². The van der Waals surface area contributed by atoms with Gasteiger partial charge in [-0.3, -0.25) is 9.69 Å². The molecule has 0 aliphatic rings. The molecule has 4 rings (SSSR count). The summed E-state index contributed by atoms with van der Waals surface area (Å²) in [6.45, 7) is 0.161. The van der Waals surface area contributed by atoms with Gasteiger partial charge in [-0.15, -0.1) is 0 Å². The monoisotopic (exact) mass is 412 g/mol. The number of thiazole rings is 1. The summed E-state index contributed by atoms with van der Waals surface area (Å²) in [5, 5.41) is 0.428. The van der Waals surface area contributed by atoms with Crippen LogP contribution in [-0.2, 0) is 6.54 Å². The predicted molar refractivity (Wildman–Crippen MR) is 108 cm³/mol. The number of amides is 1. The van der Waals surface area contributed by atoms with Gasteiger partial charge in [-0.25, -0.2) is 9.37 Å². The van der Waals surface area contributed by atoms with E-state index in [-0.39, 0.29) is 18.3 Å². The van der Waals surface area contributed by atoms with E-state index < -0.39 is 0 Å². The zero-order valence-electron chi connectivity index (χ0n) is 15.7. The summed E-state index contributed by atoms with van der Waals surface area (Å²) in [4.78, 5) is 19.5. The number of rotatable bonds is 6. The average Bonchev–Trinajstić information content (AvgIpc) is 3.40. The molecule has 2 heterocycles. The van der Waals surface area contributed by atoms with Crippen LogP contribution in [0.15, 0.2) is 59.2 Å². The van der Waals surface area contributed by atoms with Gasteiger partial charge in [0.05, 0.1) is 42.8 Å². The van der Waals surface area contributed by atoms with E-state index in [9.17, 15) is 9.18 Å². The number of benzene rings is 2. The van der Waals surface area contributed by atoms with E-state index in [1.54, 1.807) is 36.4 Å². The van der Waals surface area contributed by atoms with Crippen LogP contribution in [0.4, 0.5) is 9.52 Å². The van der Waals surface area contributed by atoms with Crippen LogP contribution in [0.1, 0.15) is 16.1 Å². The lowest BCUT2D eigenvalue weighted by molar-refractivity contribution is 0.0980. The van der Waals surface area contributed by atoms with Crippen molar-refractivity contribution in [2.45, 2.75) is 6.54 Å². The van der Waals surface area contributed by atoms with Crippen molar-refractivity contribution < 1.29 is 23.1 Å². The zero-order chi connectivity index (χ0) is 20.4. The molecule has 4 aromatic rings. The molecule has 0 atom stereocenters. The van der Waals surface area contributed by atoms with E-state index >= 15 is 0 Å². The van der Waals surface area contributed by atoms with Gasteiger partial charge in [-0.05, 0) is 48.5 Å². The molecule has 6 nitrogen and oxygen atoms in total. The van der Waals surface area contributed by atoms with E-state index in [1.807, 2.05) is 0 Å². The maximum Gasteiger partial charge on any atom is 0.264 e. The normalized spacial score (nSPS) is 10.9. The van der Waals surface area contributed by atoms with Crippen molar-refractivity contribution >= 4 is 32.6 Å². The third kappa shape index (κ3) is 3.79. The molecule has 0 radical (unpaired) electrons. The summed E-state index contributed by atoms with van der Waals surface area (Å²) < 4.78 is 30.3. The predicted octanol–water partition coefficient (Wildman–Crippen LogP) is 4.89. The first-order valence-corrected chi connectivity index (χ1v) is 9.53. The molecule has 8 heteroatoms. The molecule has 148 valence electrons. The Kier molecular flexibility index (Phi) is 5.18. The van der Waals surface area contributed by atoms with Gasteiger partial charge < -0.3 is 13.9 Å². The number of nitrogens with zero attached hydrogens (tertiary/aromatic N) is 2. The molecular weight excluding hydrogens is 395 g/mol. The first kappa shape index (κ1) is 18.9. The van der Waals surface area contributed by atoms with Gasteiger partial charge in [0.1, 0.15) is 23.1 Å². The van der Waals surface area contributed by atoms with Gasteiger partial charge in [0.2, 0.25) is 0 Å². The topological polar surface area (TPSA) is 64.8 Å². The number of fused-ring (bicyclic) bond motifs is 1. The van der Waals surface area contributed by atoms with E-state index in [4.69, 9.17) is 13.9 Å². The second-order valence-electron chi connectivity index (χ2n) is 6.15. The number of hydrogen-bond donors (Lipinski definition) is 0. The second kappa shape index (κ2) is 7.92. The minimum atomic E-state index is -0.355. The number of anilines is 1. The number of methoxy groups -OCH3 is 2. The number of furan rings is 1. The van der Waals surface area contributed by atoms with Gasteiger partial charge in [-0.2, -0.15) is 0 Å². The van der Waals surface area contributed by atoms with Crippen LogP contribution in [0.5, 0.6) is 11.5 Å². The Morgan fingerprint density at radius 2 is 2.03 bits per heavy atom. The average molecular weight is 412 g/mol. The molecule has 2 aromatic carbocycles. The van der Waals surface area contributed by atoms with Crippen molar-refractivity contribution in [2.24, 2.45) is 0 Å². The first-order valence-electron chi connectivity index (χ1n) is 8.71. The molecular formula is C21H17FN2O4S. The summed E-state index contributed by atoms with van der Waals surface area (Å²) in [5.74, 6) is 0.833. The molecule has 0 N–H and O–H groups in total. The summed E-state index contributed by atoms with van der Waals surface area (Å²) in [6.07, 6.45) is 1.54. The summed E-state index contributed by atoms with van der Waals surface area (Å²) >= 11 is 1.23. The number of halogens is 1. The van der Waals surface area contributed by atoms with Crippen LogP contribution >= 0.6 is 11.3 Å². The molecule has 1 amide bonds. The highest BCUT2D eigenvalue weighted by atomic mass is 32.1. The quantitative estimate of drug-likeness (QED) is 0.451. The summed E-state index contributed by atoms with van der Waals surface area (Å²) in [6, 6.07) is 12.9. The Labute approximate surface area is 170 Å². The zero-order valence-corrected chi connectivity index (χ0v) is 16.5. The SMILES string of the molecule is COc1ccc(OC)c(C(=O)N(Cc2ccco2)c2nc3ccc(F)cc3s2)c1. The van der Waals surface area contributed by atoms with Crippen LogP contribution in [0, 0.1) is 5.82 Å². The van der Waals surface area contributed by atoms with E-state index in [2.05, 4.69) is 4.98 Å². The molecule has 0 spiro atoms. The van der Waals surface area contributed by atoms with Gasteiger partial charge in [0.15, 0.2) is 5.13 Å². The fraction of sp³-hybridized carbons (Fsp3) is 0.143. The standard InChI is InChI=1S/C21H17FN2O4S/c1-26-14-6-8-18(27-2)16(11-14)20(25)24(12-15-4-3-9-28-15)21-23-17-7-5-13(22)10-19(17)29-21/h3-11H,12H2,1-2H3. The lowest BCUT2D eigenvalue weighted by Crippen LogP contribution is -2.30. The highest BCUT2D eigenvalue weighted by molar-refractivity contribution is 7.22. The van der Waals surface area contributed by atoms with Crippen LogP contribution in [0.2, 0.25) is 0 Å². The van der Waals surface area contributed by atoms with Crippen molar-refractivity contribution in [1.29, 1.82) is 0 Å². The lowest BCUT2D eigenvalue weighted by Gasteiger charge is -2.20. The Morgan fingerprint density at radius 1 is 1.17 bits per heavy atom. The molecule has 0 fully saturated rings. The minimum Gasteiger partial charge on any atom is -0.497 e. The van der Waals surface area contributed by atoms with Crippen molar-refractivity contribution in [2.75, 3.05) is 19.1 Å². The minimum absolute atomic E-state index is 0.161. The molecule has 0 saturated carbocycles. The number of carbonyl (C=O) groups is 1. The largest absolute Gasteiger partial charge is 0.497 e. The number of hydrogen-bond acceptors (Lipinski definition) is 6. The van der Waals surface area contributed by atoms with Crippen LogP contribution in [0.3, 0.4) is 0 Å². The van der Waals surface area contributed by atoms with Crippen LogP contribution < -0.4 is 14.4 Å². The smallest absolute Gasteiger partial charge is 0.264 e. The van der Waals surface area contributed by atoms with E-state index in [0.717, 1.165) is 0 Å². The Balaban J connectivity index is 1.80. The molecule has 29 heavy (non-hydrogen) atoms. The second-order valence-corrected chi connectivity index (χ2v) is 7.15. The van der Waals surface area contributed by atoms with Gasteiger partial charge in [-0.1, -0.05) is 11.3 Å². The fourth-order valence-corrected chi connectivity index (χ4v) is 3.90. The van der Waals surface area contributed by atoms with Crippen molar-refractivity contribution in [3.63, 3.8) is 0 Å². The molecule has 0 saturated heterocycles. The van der Waals surface area contributed by atoms with E-state index in [0.29, 0.717) is 38.2 Å². The molecule has 0 aliphatic heterocycles. The maximum atomic E-state index is 13.6. The summed E-state index contributed by atoms with van der Waals surface area (Å²) in [7, 11) is 3.02. The number of aromatic nitrogens is 1. The van der Waals surface area contributed by atoms with Crippen LogP contribution in [0.25, 0.3) is 10.2 Å². The lowest BCUT2D eigenvalue weighted by atomic mass is 10.1. The first-order chi connectivity index (χ1) is 14.1. The fourth-order valence-electron chi connectivity index (χ4n) is 2.91. The van der Waals surface area contributed by atoms with Gasteiger partial charge >= 0.3 is 0 Å². The summed E-state index contributed by atoms with van der Waals surface area (Å²) in [5.41, 5.74) is 0.935. The Morgan fingerprint density at radius 3 is 2.76 bits per heavy atom. The molecule has 0 unspecified atom stereocenters. The highest BCUT2D eigenvalue weighted by Crippen LogP contribution is 2.33. The van der Waals surface area contributed by atoms with Crippen LogP contribution in [-0.4, -0.2) is 25.1 Å². The third-order valence-electron chi connectivity index (χ3n) is 4.35. The molecule has 2 aromatic heterocycles.